The van der Waals surface area contributed by atoms with Crippen LogP contribution >= 0.6 is 0 Å². The first-order chi connectivity index (χ1) is 45.8. The lowest BCUT2D eigenvalue weighted by Gasteiger charge is -2.48. The lowest BCUT2D eigenvalue weighted by molar-refractivity contribution is -0.379. The first-order valence-electron chi connectivity index (χ1n) is 37.2. The Bertz CT molecular complexity index is 1980. The predicted molar refractivity (Wildman–Crippen MR) is 369 cm³/mol. The summed E-state index contributed by atoms with van der Waals surface area (Å²) in [4.78, 5) is 13.4. The molecule has 19 heteroatoms. The average Bonchev–Trinajstić information content (AvgIpc) is 0.794. The highest BCUT2D eigenvalue weighted by Crippen LogP contribution is 2.33. The molecule has 0 aliphatic carbocycles. The van der Waals surface area contributed by atoms with E-state index in [2.05, 4.69) is 79.9 Å². The van der Waals surface area contributed by atoms with E-state index in [-0.39, 0.29) is 18.9 Å². The molecule has 0 bridgehead atoms. The maximum atomic E-state index is 13.4. The van der Waals surface area contributed by atoms with Crippen LogP contribution in [0.4, 0.5) is 0 Å². The number of rotatable bonds is 57. The smallest absolute Gasteiger partial charge is 0.220 e. The van der Waals surface area contributed by atoms with E-state index >= 15 is 0 Å². The van der Waals surface area contributed by atoms with Gasteiger partial charge in [-0.2, -0.15) is 0 Å². The molecule has 0 radical (unpaired) electrons. The van der Waals surface area contributed by atoms with Crippen LogP contribution in [0.5, 0.6) is 0 Å². The Morgan fingerprint density at radius 3 is 1.19 bits per heavy atom. The fourth-order valence-electron chi connectivity index (χ4n) is 12.3. The van der Waals surface area contributed by atoms with Crippen molar-refractivity contribution in [3.05, 3.63) is 72.9 Å². The molecule has 94 heavy (non-hydrogen) atoms. The number of hydrogen-bond donors (Lipinski definition) is 12. The van der Waals surface area contributed by atoms with Crippen LogP contribution < -0.4 is 5.32 Å². The van der Waals surface area contributed by atoms with Crippen LogP contribution in [0, 0.1) is 0 Å². The summed E-state index contributed by atoms with van der Waals surface area (Å²) in [5.74, 6) is -0.284. The molecule has 3 rings (SSSR count). The van der Waals surface area contributed by atoms with Gasteiger partial charge in [-0.3, -0.25) is 4.79 Å². The van der Waals surface area contributed by atoms with Crippen LogP contribution in [0.15, 0.2) is 72.9 Å². The standard InChI is InChI=1S/C75H133NO18/c1-3-5-7-9-11-13-15-17-18-19-20-21-22-23-24-25-26-27-28-29-30-31-32-33-34-35-36-37-38-39-40-41-43-45-47-49-51-53-63(81)76-58(59(80)52-50-48-46-44-42-16-14-12-10-8-6-4-2)57-89-73-69(87)66(84)71(61(55-78)91-73)94-75-70(88)67(85)72(62(56-79)92-75)93-74-68(86)65(83)64(82)60(54-77)90-74/h5,7,11,13,17-18,20-21,42,44,50,52,58-62,64-75,77-80,82-88H,3-4,6,8-10,12,14-16,19,22-41,43,45-49,51,53-57H2,1-2H3,(H,76,81)/b7-5-,13-11-,18-17-,21-20-,44-42+,52-50+. The summed E-state index contributed by atoms with van der Waals surface area (Å²) < 4.78 is 34.3. The second kappa shape index (κ2) is 56.0. The molecule has 17 atom stereocenters. The van der Waals surface area contributed by atoms with Gasteiger partial charge in [-0.05, 0) is 70.6 Å². The number of aliphatic hydroxyl groups is 11. The Balaban J connectivity index is 1.30. The molecule has 3 saturated heterocycles. The molecule has 0 aromatic rings. The van der Waals surface area contributed by atoms with E-state index in [1.807, 2.05) is 6.08 Å². The number of ether oxygens (including phenoxy) is 6. The number of aliphatic hydroxyl groups excluding tert-OH is 11. The predicted octanol–water partition coefficient (Wildman–Crippen LogP) is 10.9. The van der Waals surface area contributed by atoms with Gasteiger partial charge in [0.1, 0.15) is 73.2 Å². The van der Waals surface area contributed by atoms with E-state index in [1.165, 1.54) is 167 Å². The third-order valence-corrected chi connectivity index (χ3v) is 18.2. The van der Waals surface area contributed by atoms with Gasteiger partial charge >= 0.3 is 0 Å². The summed E-state index contributed by atoms with van der Waals surface area (Å²) in [6.45, 7) is 1.58. The molecule has 3 fully saturated rings. The Hall–Kier alpha value is -2.77. The van der Waals surface area contributed by atoms with Crippen molar-refractivity contribution < 1.29 is 89.4 Å². The van der Waals surface area contributed by atoms with Crippen LogP contribution in [0.3, 0.4) is 0 Å². The third kappa shape index (κ3) is 36.9. The van der Waals surface area contributed by atoms with E-state index in [1.54, 1.807) is 6.08 Å². The van der Waals surface area contributed by atoms with E-state index in [9.17, 15) is 61.0 Å². The highest BCUT2D eigenvalue weighted by molar-refractivity contribution is 5.76. The minimum Gasteiger partial charge on any atom is -0.394 e. The molecule has 0 saturated carbocycles. The van der Waals surface area contributed by atoms with Gasteiger partial charge in [0.05, 0.1) is 38.6 Å². The number of carbonyl (C=O) groups is 1. The molecule has 0 aromatic heterocycles. The number of nitrogens with one attached hydrogen (secondary N) is 1. The lowest BCUT2D eigenvalue weighted by atomic mass is 9.96. The molecule has 0 spiro atoms. The van der Waals surface area contributed by atoms with Crippen LogP contribution in [-0.4, -0.2) is 193 Å². The van der Waals surface area contributed by atoms with Crippen LogP contribution in [0.25, 0.3) is 0 Å². The normalized spacial score (nSPS) is 27.8. The SMILES string of the molecule is CC/C=C\C/C=C\C/C=C\C/C=C\CCCCCCCCCCCCCCCCCCCCCCCCCCC(=O)NC(COC1OC(CO)C(OC2OC(CO)C(OC3OC(CO)C(O)C(O)C3O)C(O)C2O)C(O)C1O)C(O)/C=C/CC/C=C/CCCCCCCC. The lowest BCUT2D eigenvalue weighted by Crippen LogP contribution is -2.66. The summed E-state index contributed by atoms with van der Waals surface area (Å²) in [7, 11) is 0. The minimum absolute atomic E-state index is 0.236. The van der Waals surface area contributed by atoms with Gasteiger partial charge in [0.2, 0.25) is 5.91 Å². The molecule has 0 aromatic carbocycles. The van der Waals surface area contributed by atoms with Gasteiger partial charge in [-0.25, -0.2) is 0 Å². The Morgan fingerprint density at radius 1 is 0.394 bits per heavy atom. The quantitative estimate of drug-likeness (QED) is 0.0199. The second-order valence-corrected chi connectivity index (χ2v) is 26.4. The van der Waals surface area contributed by atoms with E-state index < -0.39 is 124 Å². The van der Waals surface area contributed by atoms with Gasteiger partial charge < -0.3 is 89.9 Å². The van der Waals surface area contributed by atoms with Crippen molar-refractivity contribution >= 4 is 5.91 Å². The molecular formula is C75H133NO18. The minimum atomic E-state index is -1.98. The first-order valence-corrected chi connectivity index (χ1v) is 37.2. The number of carbonyl (C=O) groups excluding carboxylic acids is 1. The fourth-order valence-corrected chi connectivity index (χ4v) is 12.3. The molecule has 546 valence electrons. The zero-order chi connectivity index (χ0) is 68.2. The van der Waals surface area contributed by atoms with Gasteiger partial charge in [0.25, 0.3) is 0 Å². The number of allylic oxidation sites excluding steroid dienone is 11. The summed E-state index contributed by atoms with van der Waals surface area (Å²) >= 11 is 0. The third-order valence-electron chi connectivity index (χ3n) is 18.2. The van der Waals surface area contributed by atoms with Crippen LogP contribution in [-0.2, 0) is 33.2 Å². The first kappa shape index (κ1) is 85.5. The van der Waals surface area contributed by atoms with Crippen molar-refractivity contribution in [1.29, 1.82) is 0 Å². The van der Waals surface area contributed by atoms with Crippen molar-refractivity contribution in [3.8, 4) is 0 Å². The van der Waals surface area contributed by atoms with Gasteiger partial charge in [0, 0.05) is 6.42 Å². The molecule has 3 heterocycles. The van der Waals surface area contributed by atoms with Crippen molar-refractivity contribution in [1.82, 2.24) is 5.32 Å². The summed E-state index contributed by atoms with van der Waals surface area (Å²) in [5, 5.41) is 120. The maximum absolute atomic E-state index is 13.4. The summed E-state index contributed by atoms with van der Waals surface area (Å²) in [5.41, 5.74) is 0. The average molecular weight is 1340 g/mol. The maximum Gasteiger partial charge on any atom is 0.220 e. The molecule has 3 aliphatic rings. The van der Waals surface area contributed by atoms with E-state index in [0.717, 1.165) is 64.2 Å². The van der Waals surface area contributed by atoms with Gasteiger partial charge in [-0.1, -0.05) is 260 Å². The fraction of sp³-hybridized carbons (Fsp3) is 0.827. The highest BCUT2D eigenvalue weighted by atomic mass is 16.8. The largest absolute Gasteiger partial charge is 0.394 e. The molecular weight excluding hydrogens is 1200 g/mol. The monoisotopic (exact) mass is 1340 g/mol. The van der Waals surface area contributed by atoms with Crippen molar-refractivity contribution in [2.75, 3.05) is 26.4 Å². The zero-order valence-electron chi connectivity index (χ0n) is 57.9. The summed E-state index contributed by atoms with van der Waals surface area (Å²) in [6, 6.07) is -0.989. The van der Waals surface area contributed by atoms with Crippen molar-refractivity contribution in [2.24, 2.45) is 0 Å². The van der Waals surface area contributed by atoms with Crippen LogP contribution in [0.2, 0.25) is 0 Å². The number of unbranched alkanes of at least 4 members (excludes halogenated alkanes) is 31. The molecule has 12 N–H and O–H groups in total. The van der Waals surface area contributed by atoms with Gasteiger partial charge in [-0.15, -0.1) is 0 Å². The topological polar surface area (TPSA) is 307 Å². The number of hydrogen-bond acceptors (Lipinski definition) is 18. The molecule has 17 unspecified atom stereocenters. The van der Waals surface area contributed by atoms with Crippen molar-refractivity contribution in [3.63, 3.8) is 0 Å². The van der Waals surface area contributed by atoms with Gasteiger partial charge in [0.15, 0.2) is 18.9 Å². The second-order valence-electron chi connectivity index (χ2n) is 26.4. The molecule has 19 nitrogen and oxygen atoms in total. The van der Waals surface area contributed by atoms with E-state index in [0.29, 0.717) is 12.8 Å². The molecule has 1 amide bonds. The molecule has 3 aliphatic heterocycles. The zero-order valence-corrected chi connectivity index (χ0v) is 57.9. The Morgan fingerprint density at radius 2 is 0.745 bits per heavy atom. The highest BCUT2D eigenvalue weighted by Gasteiger charge is 2.53. The Kier molecular flexibility index (Phi) is 50.9. The van der Waals surface area contributed by atoms with E-state index in [4.69, 9.17) is 28.4 Å². The van der Waals surface area contributed by atoms with Crippen molar-refractivity contribution in [2.45, 2.75) is 369 Å². The number of amides is 1. The van der Waals surface area contributed by atoms with Crippen LogP contribution in [0.1, 0.15) is 264 Å². The Labute approximate surface area is 566 Å². The summed E-state index contributed by atoms with van der Waals surface area (Å²) in [6.07, 6.45) is 45.0.